The molecule has 0 unspecified atom stereocenters. The van der Waals surface area contributed by atoms with Crippen LogP contribution in [-0.4, -0.2) is 4.57 Å². The van der Waals surface area contributed by atoms with E-state index in [2.05, 4.69) is 296 Å². The Hall–Kier alpha value is -9.41. The first-order valence-electron chi connectivity index (χ1n) is 25.6. The van der Waals surface area contributed by atoms with Crippen LogP contribution in [0, 0.1) is 0 Å². The number of furan rings is 1. The first-order valence-corrected chi connectivity index (χ1v) is 27.3. The van der Waals surface area contributed by atoms with Crippen molar-refractivity contribution in [3.8, 4) is 61.3 Å². The highest BCUT2D eigenvalue weighted by atomic mass is 32.3. The third kappa shape index (κ3) is 7.51. The number of para-hydroxylation sites is 3. The molecule has 0 saturated carbocycles. The van der Waals surface area contributed by atoms with E-state index in [9.17, 15) is 0 Å². The highest BCUT2D eigenvalue weighted by Gasteiger charge is 2.36. The Morgan fingerprint density at radius 2 is 0.707 bits per heavy atom. The Morgan fingerprint density at radius 3 is 1.28 bits per heavy atom. The molecule has 14 aromatic rings. The summed E-state index contributed by atoms with van der Waals surface area (Å²) in [5.74, 6) is 0. The number of nitrogens with zero attached hydrogens (tertiary/aromatic N) is 1. The number of rotatable bonds is 10. The van der Waals surface area contributed by atoms with E-state index in [0.717, 1.165) is 72.0 Å². The van der Waals surface area contributed by atoms with E-state index in [4.69, 9.17) is 4.42 Å². The van der Waals surface area contributed by atoms with Crippen molar-refractivity contribution in [2.75, 3.05) is 0 Å². The fraction of sp³-hybridized carbons (Fsp3) is 0. The summed E-state index contributed by atoms with van der Waals surface area (Å²) in [6.45, 7) is 0. The summed E-state index contributed by atoms with van der Waals surface area (Å²) in [6.07, 6.45) is 0. The molecule has 0 bridgehead atoms. The first kappa shape index (κ1) is 44.3. The minimum atomic E-state index is -2.29. The number of hydrogen-bond donors (Lipinski definition) is 0. The maximum Gasteiger partial charge on any atom is 0.143 e. The Morgan fingerprint density at radius 1 is 0.253 bits per heavy atom. The Balaban J connectivity index is 1.11. The lowest BCUT2D eigenvalue weighted by atomic mass is 9.95. The van der Waals surface area contributed by atoms with Crippen LogP contribution >= 0.6 is 10.0 Å². The predicted octanol–water partition coefficient (Wildman–Crippen LogP) is 20.4. The molecule has 0 aliphatic carbocycles. The summed E-state index contributed by atoms with van der Waals surface area (Å²) < 4.78 is 9.17. The van der Waals surface area contributed by atoms with E-state index in [1.807, 2.05) is 6.07 Å². The second kappa shape index (κ2) is 18.6. The molecule has 12 aromatic carbocycles. The van der Waals surface area contributed by atoms with Gasteiger partial charge >= 0.3 is 0 Å². The van der Waals surface area contributed by atoms with Gasteiger partial charge in [0.2, 0.25) is 0 Å². The summed E-state index contributed by atoms with van der Waals surface area (Å²) in [5, 5.41) is 4.62. The van der Waals surface area contributed by atoms with Gasteiger partial charge in [-0.3, -0.25) is 0 Å². The molecule has 2 nitrogen and oxygen atoms in total. The van der Waals surface area contributed by atoms with Gasteiger partial charge in [-0.2, -0.15) is 0 Å². The largest absolute Gasteiger partial charge is 0.455 e. The van der Waals surface area contributed by atoms with Gasteiger partial charge < -0.3 is 8.98 Å². The predicted molar refractivity (Wildman–Crippen MR) is 315 cm³/mol. The summed E-state index contributed by atoms with van der Waals surface area (Å²) in [4.78, 5) is 5.02. The summed E-state index contributed by atoms with van der Waals surface area (Å²) in [7, 11) is -2.29. The molecule has 0 N–H and O–H groups in total. The van der Waals surface area contributed by atoms with Crippen LogP contribution in [0.25, 0.3) is 105 Å². The van der Waals surface area contributed by atoms with Crippen molar-refractivity contribution >= 4 is 53.8 Å². The average molecular weight is 976 g/mol. The second-order valence-corrected chi connectivity index (χ2v) is 22.3. The summed E-state index contributed by atoms with van der Waals surface area (Å²) in [6, 6.07) is 110. The van der Waals surface area contributed by atoms with Crippen molar-refractivity contribution in [2.45, 2.75) is 19.6 Å². The second-order valence-electron chi connectivity index (χ2n) is 19.2. The van der Waals surface area contributed by atoms with E-state index in [0.29, 0.717) is 0 Å². The normalized spacial score (nSPS) is 11.9. The van der Waals surface area contributed by atoms with Crippen molar-refractivity contribution in [2.24, 2.45) is 0 Å². The third-order valence-electron chi connectivity index (χ3n) is 14.9. The molecule has 3 heteroatoms. The quantitative estimate of drug-likeness (QED) is 0.134. The van der Waals surface area contributed by atoms with Crippen LogP contribution in [0.15, 0.2) is 321 Å². The van der Waals surface area contributed by atoms with Crippen LogP contribution in [0.2, 0.25) is 0 Å². The Bertz CT molecular complexity index is 4220. The first-order chi connectivity index (χ1) is 37.2. The van der Waals surface area contributed by atoms with E-state index in [-0.39, 0.29) is 0 Å². The molecule has 0 fully saturated rings. The van der Waals surface area contributed by atoms with Crippen molar-refractivity contribution in [3.05, 3.63) is 297 Å². The van der Waals surface area contributed by atoms with Crippen LogP contribution < -0.4 is 0 Å². The van der Waals surface area contributed by atoms with Gasteiger partial charge in [-0.25, -0.2) is 0 Å². The monoisotopic (exact) mass is 975 g/mol. The lowest BCUT2D eigenvalue weighted by molar-refractivity contribution is 0.670. The maximum atomic E-state index is 6.63. The van der Waals surface area contributed by atoms with Crippen LogP contribution in [0.4, 0.5) is 0 Å². The van der Waals surface area contributed by atoms with Gasteiger partial charge in [-0.05, 0) is 118 Å². The van der Waals surface area contributed by atoms with E-state index in [1.165, 1.54) is 52.6 Å². The number of benzene rings is 12. The minimum absolute atomic E-state index is 0.897. The molecular weight excluding hydrogens is 927 g/mol. The highest BCUT2D eigenvalue weighted by Crippen LogP contribution is 2.75. The molecule has 0 saturated heterocycles. The lowest BCUT2D eigenvalue weighted by Gasteiger charge is -2.43. The van der Waals surface area contributed by atoms with Gasteiger partial charge in [-0.1, -0.05) is 218 Å². The molecule has 0 atom stereocenters. The van der Waals surface area contributed by atoms with Crippen LogP contribution in [-0.2, 0) is 0 Å². The molecule has 14 rings (SSSR count). The standard InChI is InChI=1S/C72H49NOS/c1-7-24-50(25-8-1)55-44-56(51-26-9-2-10-27-51)46-59(45-55)75(57-32-15-5-16-33-57,58-34-17-6-18-35-58)60-48-65(52-28-11-3-12-29-52)71(66(49-60)53-30-13-4-14-31-53)73-68-40-21-19-36-62(68)67-47-54(42-43-69(67)73)61-38-23-39-64-63-37-20-22-41-70(63)74-72(61)64/h1-49H. The molecule has 2 heterocycles. The van der Waals surface area contributed by atoms with Crippen LogP contribution in [0.3, 0.4) is 0 Å². The summed E-state index contributed by atoms with van der Waals surface area (Å²) >= 11 is 0. The van der Waals surface area contributed by atoms with Gasteiger partial charge in [0.15, 0.2) is 0 Å². The average Bonchev–Trinajstić information content (AvgIpc) is 4.09. The van der Waals surface area contributed by atoms with E-state index < -0.39 is 10.0 Å². The van der Waals surface area contributed by atoms with Gasteiger partial charge in [0.05, 0.1) is 16.7 Å². The van der Waals surface area contributed by atoms with Crippen molar-refractivity contribution in [1.82, 2.24) is 4.57 Å². The van der Waals surface area contributed by atoms with Crippen molar-refractivity contribution < 1.29 is 4.42 Å². The number of aromatic nitrogens is 1. The fourth-order valence-electron chi connectivity index (χ4n) is 11.5. The van der Waals surface area contributed by atoms with Crippen molar-refractivity contribution in [3.63, 3.8) is 0 Å². The number of fused-ring (bicyclic) bond motifs is 6. The molecule has 354 valence electrons. The van der Waals surface area contributed by atoms with Crippen molar-refractivity contribution in [1.29, 1.82) is 0 Å². The number of hydrogen-bond acceptors (Lipinski definition) is 1. The molecule has 0 aliphatic rings. The van der Waals surface area contributed by atoms with Crippen LogP contribution in [0.5, 0.6) is 0 Å². The molecule has 0 aliphatic heterocycles. The molecule has 0 radical (unpaired) electrons. The topological polar surface area (TPSA) is 18.1 Å². The SMILES string of the molecule is c1ccc(-c2cc(-c3ccccc3)cc(S(c3ccccc3)(c3ccccc3)c3cc(-c4ccccc4)c(-n4c5ccccc5c5cc(-c6cccc7c6oc6ccccc67)ccc54)c(-c4ccccc4)c3)c2)cc1. The molecule has 2 aromatic heterocycles. The smallest absolute Gasteiger partial charge is 0.143 e. The molecule has 0 spiro atoms. The zero-order chi connectivity index (χ0) is 49.7. The van der Waals surface area contributed by atoms with E-state index >= 15 is 0 Å². The minimum Gasteiger partial charge on any atom is -0.455 e. The Labute approximate surface area is 438 Å². The zero-order valence-electron chi connectivity index (χ0n) is 41.1. The molecule has 75 heavy (non-hydrogen) atoms. The molecule has 0 amide bonds. The Kier molecular flexibility index (Phi) is 11.0. The van der Waals surface area contributed by atoms with Crippen LogP contribution in [0.1, 0.15) is 0 Å². The van der Waals surface area contributed by atoms with Gasteiger partial charge in [-0.15, -0.1) is 10.0 Å². The fourth-order valence-corrected chi connectivity index (χ4v) is 15.5. The molecular formula is C72H49NOS. The lowest BCUT2D eigenvalue weighted by Crippen LogP contribution is -2.08. The zero-order valence-corrected chi connectivity index (χ0v) is 41.9. The van der Waals surface area contributed by atoms with Gasteiger partial charge in [0.25, 0.3) is 0 Å². The maximum absolute atomic E-state index is 6.63. The van der Waals surface area contributed by atoms with E-state index in [1.54, 1.807) is 0 Å². The van der Waals surface area contributed by atoms with Gasteiger partial charge in [0, 0.05) is 57.8 Å². The summed E-state index contributed by atoms with van der Waals surface area (Å²) in [5.41, 5.74) is 16.7. The highest BCUT2D eigenvalue weighted by molar-refractivity contribution is 8.34. The van der Waals surface area contributed by atoms with Gasteiger partial charge in [0.1, 0.15) is 11.2 Å². The third-order valence-corrected chi connectivity index (χ3v) is 18.7.